The van der Waals surface area contributed by atoms with Crippen molar-refractivity contribution in [3.8, 4) is 46.0 Å². The molecule has 0 heterocycles. The van der Waals surface area contributed by atoms with Crippen LogP contribution in [0.4, 0.5) is 0 Å². The van der Waals surface area contributed by atoms with Crippen molar-refractivity contribution in [2.24, 2.45) is 0 Å². The van der Waals surface area contributed by atoms with Crippen molar-refractivity contribution in [1.82, 2.24) is 0 Å². The minimum atomic E-state index is 0.579. The van der Waals surface area contributed by atoms with Crippen LogP contribution in [-0.2, 0) is 51.4 Å². The Labute approximate surface area is 475 Å². The standard InChI is InChI=1S/C72H80O8/c1-9-29-77-69-57-37-53(33-49-13-21-65(73-5)22-14-49)38-58(69)46-60-40-55(35-51-17-25-67(75-7)26-18-51)42-62(71(60)79-31-11-3)48-64-44-56(36-52-19-27-68(76-8)28-20-52)43-63(72(64)80-32-12-4)47-61-41-54(34-50-15-23-66(74-6)24-16-50)39-59(45-57)70(61)78-30-10-2/h13-28,37-44H,9-12,29-36,45-48H2,1-8H3. The summed E-state index contributed by atoms with van der Waals surface area (Å²) in [5.41, 5.74) is 18.6. The molecule has 8 aromatic carbocycles. The molecule has 0 unspecified atom stereocenters. The number of ether oxygens (including phenoxy) is 8. The van der Waals surface area contributed by atoms with E-state index in [9.17, 15) is 0 Å². The van der Waals surface area contributed by atoms with Crippen LogP contribution in [0.1, 0.15) is 142 Å². The third-order valence-electron chi connectivity index (χ3n) is 14.8. The molecule has 8 nitrogen and oxygen atoms in total. The van der Waals surface area contributed by atoms with Gasteiger partial charge < -0.3 is 37.9 Å². The van der Waals surface area contributed by atoms with Gasteiger partial charge in [0, 0.05) is 25.7 Å². The summed E-state index contributed by atoms with van der Waals surface area (Å²) in [7, 11) is 6.87. The van der Waals surface area contributed by atoms with Crippen LogP contribution in [0.5, 0.6) is 46.0 Å². The smallest absolute Gasteiger partial charge is 0.126 e. The Hall–Kier alpha value is -7.84. The molecule has 0 amide bonds. The molecule has 0 radical (unpaired) electrons. The van der Waals surface area contributed by atoms with Gasteiger partial charge in [0.05, 0.1) is 54.9 Å². The van der Waals surface area contributed by atoms with Gasteiger partial charge in [0.1, 0.15) is 46.0 Å². The summed E-state index contributed by atoms with van der Waals surface area (Å²) in [6.45, 7) is 11.0. The van der Waals surface area contributed by atoms with Crippen molar-refractivity contribution in [3.63, 3.8) is 0 Å². The van der Waals surface area contributed by atoms with Crippen molar-refractivity contribution in [3.05, 3.63) is 235 Å². The zero-order valence-electron chi connectivity index (χ0n) is 48.4. The molecular weight excluding hydrogens is 993 g/mol. The summed E-state index contributed by atoms with van der Waals surface area (Å²) in [6, 6.07) is 52.8. The second kappa shape index (κ2) is 27.8. The highest BCUT2D eigenvalue weighted by Gasteiger charge is 2.25. The van der Waals surface area contributed by atoms with Gasteiger partial charge in [-0.2, -0.15) is 0 Å². The number of fused-ring (bicyclic) bond motifs is 8. The van der Waals surface area contributed by atoms with Gasteiger partial charge in [0.2, 0.25) is 0 Å². The molecule has 8 bridgehead atoms. The Kier molecular flexibility index (Phi) is 19.8. The van der Waals surface area contributed by atoms with Crippen LogP contribution in [0.3, 0.4) is 0 Å². The van der Waals surface area contributed by atoms with Gasteiger partial charge >= 0.3 is 0 Å². The maximum atomic E-state index is 7.10. The number of benzene rings is 8. The molecule has 0 atom stereocenters. The summed E-state index contributed by atoms with van der Waals surface area (Å²) in [4.78, 5) is 0. The fraction of sp³-hybridized carbons (Fsp3) is 0.333. The highest BCUT2D eigenvalue weighted by atomic mass is 16.5. The zero-order valence-corrected chi connectivity index (χ0v) is 48.4. The highest BCUT2D eigenvalue weighted by Crippen LogP contribution is 2.42. The Balaban J connectivity index is 1.34. The van der Waals surface area contributed by atoms with Crippen molar-refractivity contribution < 1.29 is 37.9 Å². The van der Waals surface area contributed by atoms with E-state index in [0.29, 0.717) is 52.1 Å². The first-order valence-electron chi connectivity index (χ1n) is 28.8. The third-order valence-corrected chi connectivity index (χ3v) is 14.8. The van der Waals surface area contributed by atoms with Crippen molar-refractivity contribution in [2.75, 3.05) is 54.9 Å². The molecule has 8 aromatic rings. The van der Waals surface area contributed by atoms with E-state index >= 15 is 0 Å². The summed E-state index contributed by atoms with van der Waals surface area (Å²) in [6.07, 6.45) is 8.76. The van der Waals surface area contributed by atoms with E-state index in [1.807, 2.05) is 0 Å². The maximum Gasteiger partial charge on any atom is 0.126 e. The Morgan fingerprint density at radius 2 is 0.425 bits per heavy atom. The van der Waals surface area contributed by atoms with Gasteiger partial charge in [0.15, 0.2) is 0 Å². The van der Waals surface area contributed by atoms with Gasteiger partial charge in [0.25, 0.3) is 0 Å². The fourth-order valence-electron chi connectivity index (χ4n) is 11.1. The lowest BCUT2D eigenvalue weighted by Gasteiger charge is -2.25. The molecular formula is C72H80O8. The second-order valence-electron chi connectivity index (χ2n) is 21.2. The molecule has 1 aliphatic carbocycles. The number of methoxy groups -OCH3 is 4. The Morgan fingerprint density at radius 3 is 0.575 bits per heavy atom. The van der Waals surface area contributed by atoms with Crippen LogP contribution in [0.2, 0.25) is 0 Å². The minimum absolute atomic E-state index is 0.579. The molecule has 0 N–H and O–H groups in total. The largest absolute Gasteiger partial charge is 0.497 e. The van der Waals surface area contributed by atoms with E-state index in [4.69, 9.17) is 37.9 Å². The lowest BCUT2D eigenvalue weighted by atomic mass is 9.86. The maximum absolute atomic E-state index is 7.10. The quantitative estimate of drug-likeness (QED) is 0.0593. The van der Waals surface area contributed by atoms with E-state index in [2.05, 4.69) is 173 Å². The molecule has 8 heteroatoms. The van der Waals surface area contributed by atoms with E-state index < -0.39 is 0 Å². The van der Waals surface area contributed by atoms with Gasteiger partial charge in [-0.05, 0) is 189 Å². The Bertz CT molecular complexity index is 2750. The first kappa shape index (κ1) is 56.9. The van der Waals surface area contributed by atoms with Crippen molar-refractivity contribution in [1.29, 1.82) is 0 Å². The van der Waals surface area contributed by atoms with Gasteiger partial charge in [-0.3, -0.25) is 0 Å². The van der Waals surface area contributed by atoms with Crippen LogP contribution in [0, 0.1) is 0 Å². The molecule has 0 spiro atoms. The average molecular weight is 1070 g/mol. The van der Waals surface area contributed by atoms with Crippen LogP contribution in [-0.4, -0.2) is 54.9 Å². The summed E-state index contributed by atoms with van der Waals surface area (Å²) in [5.74, 6) is 7.05. The second-order valence-corrected chi connectivity index (χ2v) is 21.2. The number of hydrogen-bond donors (Lipinski definition) is 0. The molecule has 0 aromatic heterocycles. The third kappa shape index (κ3) is 14.5. The van der Waals surface area contributed by atoms with E-state index in [1.54, 1.807) is 28.4 Å². The summed E-state index contributed by atoms with van der Waals surface area (Å²) < 4.78 is 50.8. The lowest BCUT2D eigenvalue weighted by molar-refractivity contribution is 0.304. The predicted octanol–water partition coefficient (Wildman–Crippen LogP) is 15.9. The topological polar surface area (TPSA) is 73.8 Å². The molecule has 0 saturated heterocycles. The number of rotatable bonds is 24. The van der Waals surface area contributed by atoms with E-state index in [-0.39, 0.29) is 0 Å². The van der Waals surface area contributed by atoms with Crippen LogP contribution < -0.4 is 37.9 Å². The summed E-state index contributed by atoms with van der Waals surface area (Å²) in [5, 5.41) is 0. The minimum Gasteiger partial charge on any atom is -0.497 e. The predicted molar refractivity (Wildman–Crippen MR) is 323 cm³/mol. The zero-order chi connectivity index (χ0) is 55.8. The van der Waals surface area contributed by atoms with Crippen molar-refractivity contribution >= 4 is 0 Å². The average Bonchev–Trinajstić information content (AvgIpc) is 3.49. The van der Waals surface area contributed by atoms with Gasteiger partial charge in [-0.25, -0.2) is 0 Å². The molecule has 416 valence electrons. The normalized spacial score (nSPS) is 11.9. The van der Waals surface area contributed by atoms with Crippen LogP contribution in [0.15, 0.2) is 146 Å². The molecule has 80 heavy (non-hydrogen) atoms. The van der Waals surface area contributed by atoms with E-state index in [1.165, 1.54) is 44.5 Å². The summed E-state index contributed by atoms with van der Waals surface area (Å²) >= 11 is 0. The van der Waals surface area contributed by atoms with Crippen molar-refractivity contribution in [2.45, 2.75) is 105 Å². The monoisotopic (exact) mass is 1070 g/mol. The first-order valence-corrected chi connectivity index (χ1v) is 28.8. The first-order chi connectivity index (χ1) is 39.2. The Morgan fingerprint density at radius 1 is 0.250 bits per heavy atom. The molecule has 0 aliphatic heterocycles. The molecule has 1 aliphatic rings. The van der Waals surface area contributed by atoms with Crippen LogP contribution >= 0.6 is 0 Å². The van der Waals surface area contributed by atoms with Crippen LogP contribution in [0.25, 0.3) is 0 Å². The van der Waals surface area contributed by atoms with E-state index in [0.717, 1.165) is 142 Å². The molecule has 0 saturated carbocycles. The molecule has 9 rings (SSSR count). The number of hydrogen-bond acceptors (Lipinski definition) is 8. The van der Waals surface area contributed by atoms with Gasteiger partial charge in [-0.15, -0.1) is 0 Å². The fourth-order valence-corrected chi connectivity index (χ4v) is 11.1. The lowest BCUT2D eigenvalue weighted by Crippen LogP contribution is -2.12. The van der Waals surface area contributed by atoms with Gasteiger partial charge in [-0.1, -0.05) is 125 Å². The molecule has 0 fully saturated rings. The SMILES string of the molecule is CCCOc1c2cc(Cc3ccc(OC)cc3)cc1Cc1cc(Cc3ccc(OC)cc3)cc(c1OCCC)Cc1cc(Cc3ccc(OC)cc3)cc(c1OCCC)Cc1cc(Cc3ccc(OC)cc3)cc(c1OCCC)C2. The highest BCUT2D eigenvalue weighted by molar-refractivity contribution is 5.60.